The molecular formula is C62H73F4N10O13PS. The molecule has 0 saturated carbocycles. The van der Waals surface area contributed by atoms with Crippen molar-refractivity contribution in [1.29, 1.82) is 0 Å². The number of primary amides is 1. The number of nitrogens with one attached hydrogen (secondary N) is 4. The number of amides is 10. The predicted octanol–water partition coefficient (Wildman–Crippen LogP) is 4.64. The molecule has 1 spiro atoms. The summed E-state index contributed by atoms with van der Waals surface area (Å²) < 4.78 is 69.1. The van der Waals surface area contributed by atoms with Gasteiger partial charge in [-0.05, 0) is 122 Å². The number of halogens is 4. The number of hydrogen-bond acceptors (Lipinski definition) is 14. The first-order valence-electron chi connectivity index (χ1n) is 30.4. The van der Waals surface area contributed by atoms with Gasteiger partial charge in [-0.25, -0.2) is 8.78 Å². The zero-order valence-electron chi connectivity index (χ0n) is 50.4. The SMILES string of the molecule is CC(C)(C)c1ccc(C[C@H](NC(=O)[C@H](CCC(N)=O)NC(=O)[C@@H]2CC[C@@H]3CCN(CC(F)F)C[C@H](NC(=O)c4cc5cc(C(F)(F)P(=O)(O)O)ccc5s4)C(=O)N32)C(=O)N2CCC3(CC2)CCN(c2ccc4c(c2)C(=O)N(C2CCC(=O)NC2=O)C4=O)CC3)cc1. The van der Waals surface area contributed by atoms with Gasteiger partial charge >= 0.3 is 13.3 Å². The molecular weight excluding hydrogens is 1230 g/mol. The van der Waals surface area contributed by atoms with Gasteiger partial charge in [0.05, 0.1) is 22.5 Å². The molecule has 1 aromatic heterocycles. The smallest absolute Gasteiger partial charge is 0.371 e. The molecule has 0 aliphatic carbocycles. The minimum atomic E-state index is -5.94. The lowest BCUT2D eigenvalue weighted by atomic mass is 9.71. The Morgan fingerprint density at radius 1 is 0.802 bits per heavy atom. The maximum Gasteiger partial charge on any atom is 0.399 e. The Hall–Kier alpha value is -7.65. The highest BCUT2D eigenvalue weighted by Gasteiger charge is 2.51. The van der Waals surface area contributed by atoms with Crippen LogP contribution in [-0.4, -0.2) is 177 Å². The van der Waals surface area contributed by atoms with E-state index in [0.29, 0.717) is 39.0 Å². The van der Waals surface area contributed by atoms with Crippen LogP contribution in [0.15, 0.2) is 66.7 Å². The molecule has 7 heterocycles. The third kappa shape index (κ3) is 14.2. The molecule has 6 atom stereocenters. The second-order valence-electron chi connectivity index (χ2n) is 25.7. The number of alkyl halides is 4. The summed E-state index contributed by atoms with van der Waals surface area (Å²) in [7, 11) is -5.94. The number of likely N-dealkylation sites (tertiary alicyclic amines) is 1. The highest BCUT2D eigenvalue weighted by Crippen LogP contribution is 2.59. The molecule has 10 amide bonds. The van der Waals surface area contributed by atoms with Crippen molar-refractivity contribution in [3.63, 3.8) is 0 Å². The van der Waals surface area contributed by atoms with Gasteiger partial charge in [-0.2, -0.15) is 8.78 Å². The number of carbonyl (C=O) groups is 10. The Morgan fingerprint density at radius 2 is 1.47 bits per heavy atom. The minimum Gasteiger partial charge on any atom is -0.371 e. The summed E-state index contributed by atoms with van der Waals surface area (Å²) in [5.74, 6) is -6.88. The Kier molecular flexibility index (Phi) is 19.0. The van der Waals surface area contributed by atoms with E-state index in [1.807, 2.05) is 24.3 Å². The van der Waals surface area contributed by atoms with Gasteiger partial charge in [0.25, 0.3) is 24.1 Å². The number of nitrogens with zero attached hydrogens (tertiary/aromatic N) is 5. The second kappa shape index (κ2) is 26.2. The molecule has 23 nitrogen and oxygen atoms in total. The Bertz CT molecular complexity index is 3620. The third-order valence-corrected chi connectivity index (χ3v) is 20.8. The summed E-state index contributed by atoms with van der Waals surface area (Å²) in [6, 6.07) is 9.38. The molecule has 8 N–H and O–H groups in total. The number of benzene rings is 3. The van der Waals surface area contributed by atoms with Crippen molar-refractivity contribution in [2.45, 2.75) is 152 Å². The van der Waals surface area contributed by atoms with Gasteiger partial charge < -0.3 is 46.2 Å². The van der Waals surface area contributed by atoms with E-state index in [2.05, 4.69) is 46.9 Å². The standard InChI is InChI=1S/C62H73F4N10O13PS/c1-60(2,3)36-6-4-34(5-7-36)28-43(58(85)74-26-21-61(22-27-74)19-24-73(25-20-61)39-9-11-40-41(31-39)57(84)76(56(40)83)46-14-17-51(78)71-54(46)81)69-52(79)42(12-16-50(67)77)68-53(80)45-13-10-38-18-23-72(33-49(63)64)32-44(59(86)75(38)45)70-55(82)48-30-35-29-37(8-15-47(35)91-48)62(65,66)90(87,88)89/h4-9,11,15,29-31,38,42-46,49H,10,12-14,16-28,32-33H2,1-3H3,(H2,67,77)(H,68,80)(H,69,79)(H,70,82)(H,71,78,81)(H2,87,88,89)/t38-,42+,43+,44+,45+,46?/m1/s1. The zero-order valence-corrected chi connectivity index (χ0v) is 52.1. The first kappa shape index (κ1) is 66.3. The topological polar surface area (TPSA) is 319 Å². The molecule has 4 aromatic rings. The fraction of sp³-hybridized carbons (Fsp3) is 0.516. The predicted molar refractivity (Wildman–Crippen MR) is 324 cm³/mol. The van der Waals surface area contributed by atoms with Crippen molar-refractivity contribution in [2.75, 3.05) is 50.7 Å². The van der Waals surface area contributed by atoms with E-state index in [9.17, 15) is 79.9 Å². The van der Waals surface area contributed by atoms with Crippen LogP contribution in [0, 0.1) is 5.41 Å². The second-order valence-corrected chi connectivity index (χ2v) is 28.4. The van der Waals surface area contributed by atoms with E-state index >= 15 is 0 Å². The number of rotatable bonds is 18. The third-order valence-electron chi connectivity index (χ3n) is 18.7. The van der Waals surface area contributed by atoms with Crippen molar-refractivity contribution in [3.05, 3.63) is 99.4 Å². The molecule has 0 radical (unpaired) electrons. The first-order chi connectivity index (χ1) is 42.9. The van der Waals surface area contributed by atoms with Crippen LogP contribution in [0.5, 0.6) is 0 Å². The molecule has 0 bridgehead atoms. The summed E-state index contributed by atoms with van der Waals surface area (Å²) in [4.78, 5) is 163. The molecule has 10 rings (SSSR count). The van der Waals surface area contributed by atoms with Gasteiger partial charge in [0, 0.05) is 80.5 Å². The van der Waals surface area contributed by atoms with Gasteiger partial charge in [0.1, 0.15) is 30.2 Å². The van der Waals surface area contributed by atoms with Gasteiger partial charge in [-0.3, -0.25) is 67.6 Å². The number of anilines is 1. The van der Waals surface area contributed by atoms with Gasteiger partial charge in [-0.15, -0.1) is 11.3 Å². The summed E-state index contributed by atoms with van der Waals surface area (Å²) in [5, 5.41) is 10.4. The average Bonchev–Trinajstić information content (AvgIpc) is 1.67. The van der Waals surface area contributed by atoms with Crippen molar-refractivity contribution in [3.8, 4) is 0 Å². The van der Waals surface area contributed by atoms with E-state index in [0.717, 1.165) is 64.1 Å². The number of fused-ring (bicyclic) bond motifs is 3. The number of piperidine rings is 3. The van der Waals surface area contributed by atoms with E-state index in [1.165, 1.54) is 15.9 Å². The maximum atomic E-state index is 14.9. The Morgan fingerprint density at radius 3 is 2.12 bits per heavy atom. The van der Waals surface area contributed by atoms with Gasteiger partial charge in [0.15, 0.2) is 0 Å². The first-order valence-corrected chi connectivity index (χ1v) is 32.8. The number of thiophene rings is 1. The number of carbonyl (C=O) groups excluding carboxylic acids is 10. The molecule has 6 aliphatic rings. The van der Waals surface area contributed by atoms with Crippen LogP contribution in [-0.2, 0) is 55.6 Å². The number of nitrogens with two attached hydrogens (primary N) is 1. The lowest BCUT2D eigenvalue weighted by molar-refractivity contribution is -0.144. The highest BCUT2D eigenvalue weighted by atomic mass is 32.1. The van der Waals surface area contributed by atoms with Crippen LogP contribution in [0.4, 0.5) is 23.2 Å². The largest absolute Gasteiger partial charge is 0.399 e. The van der Waals surface area contributed by atoms with E-state index in [4.69, 9.17) is 5.73 Å². The minimum absolute atomic E-state index is 0.00180. The van der Waals surface area contributed by atoms with Crippen molar-refractivity contribution < 1.29 is 79.9 Å². The summed E-state index contributed by atoms with van der Waals surface area (Å²) in [6.45, 7) is 6.92. The molecule has 1 unspecified atom stereocenters. The fourth-order valence-electron chi connectivity index (χ4n) is 13.4. The monoisotopic (exact) mass is 1300 g/mol. The summed E-state index contributed by atoms with van der Waals surface area (Å²) in [6.07, 6.45) is -0.257. The fourth-order valence-corrected chi connectivity index (χ4v) is 14.8. The van der Waals surface area contributed by atoms with Gasteiger partial charge in [0.2, 0.25) is 41.4 Å². The highest BCUT2D eigenvalue weighted by molar-refractivity contribution is 7.52. The van der Waals surface area contributed by atoms with E-state index < -0.39 is 128 Å². The van der Waals surface area contributed by atoms with E-state index in [-0.39, 0.29) is 101 Å². The Balaban J connectivity index is 0.824. The van der Waals surface area contributed by atoms with Gasteiger partial charge in [-0.1, -0.05) is 51.1 Å². The molecule has 5 fully saturated rings. The van der Waals surface area contributed by atoms with Crippen LogP contribution in [0.2, 0.25) is 0 Å². The molecule has 91 heavy (non-hydrogen) atoms. The van der Waals surface area contributed by atoms with Crippen molar-refractivity contribution in [2.24, 2.45) is 11.1 Å². The van der Waals surface area contributed by atoms with Crippen LogP contribution in [0.1, 0.15) is 138 Å². The normalized spacial score (nSPS) is 22.3. The molecule has 488 valence electrons. The van der Waals surface area contributed by atoms with Crippen LogP contribution < -0.4 is 31.9 Å². The summed E-state index contributed by atoms with van der Waals surface area (Å²) in [5.41, 5.74) is 2.54. The van der Waals surface area contributed by atoms with Crippen LogP contribution >= 0.6 is 18.9 Å². The van der Waals surface area contributed by atoms with E-state index in [1.54, 1.807) is 23.1 Å². The maximum absolute atomic E-state index is 14.9. The van der Waals surface area contributed by atoms with Crippen LogP contribution in [0.25, 0.3) is 10.1 Å². The zero-order chi connectivity index (χ0) is 65.6. The Labute approximate surface area is 525 Å². The van der Waals surface area contributed by atoms with Crippen LogP contribution in [0.3, 0.4) is 0 Å². The average molecular weight is 1310 g/mol. The van der Waals surface area contributed by atoms with Crippen molar-refractivity contribution >= 4 is 93.8 Å². The summed E-state index contributed by atoms with van der Waals surface area (Å²) >= 11 is 0.811. The quantitative estimate of drug-likeness (QED) is 0.0405. The molecule has 5 saturated heterocycles. The van der Waals surface area contributed by atoms with Crippen molar-refractivity contribution in [1.82, 2.24) is 40.9 Å². The number of imide groups is 2. The lowest BCUT2D eigenvalue weighted by Crippen LogP contribution is -2.62. The lowest BCUT2D eigenvalue weighted by Gasteiger charge is -2.48. The number of hydrogen-bond donors (Lipinski definition) is 7. The molecule has 3 aromatic carbocycles. The molecule has 6 aliphatic heterocycles. The molecule has 29 heteroatoms.